The Bertz CT molecular complexity index is 329. The average Bonchev–Trinajstić information content (AvgIpc) is 2.37. The number of benzene rings is 1. The third-order valence-electron chi connectivity index (χ3n) is 2.84. The van der Waals surface area contributed by atoms with Crippen LogP contribution in [0.5, 0.6) is 0 Å². The van der Waals surface area contributed by atoms with Crippen molar-refractivity contribution in [2.75, 3.05) is 27.4 Å². The van der Waals surface area contributed by atoms with Crippen LogP contribution in [0.3, 0.4) is 0 Å². The molecule has 0 heterocycles. The summed E-state index contributed by atoms with van der Waals surface area (Å²) in [6.45, 7) is 3.61. The van der Waals surface area contributed by atoms with Gasteiger partial charge in [0.25, 0.3) is 0 Å². The average molecular weight is 316 g/mol. The van der Waals surface area contributed by atoms with Crippen molar-refractivity contribution in [3.63, 3.8) is 0 Å². The van der Waals surface area contributed by atoms with Crippen LogP contribution in [0.2, 0.25) is 0 Å². The molecule has 0 saturated heterocycles. The smallest absolute Gasteiger partial charge is 0.0928 e. The fraction of sp³-hybridized carbons (Fsp3) is 0.571. The van der Waals surface area contributed by atoms with Crippen molar-refractivity contribution < 1.29 is 9.47 Å². The van der Waals surface area contributed by atoms with Gasteiger partial charge in [-0.2, -0.15) is 0 Å². The molecular weight excluding hydrogens is 294 g/mol. The summed E-state index contributed by atoms with van der Waals surface area (Å²) in [6.07, 6.45) is 1.12. The normalized spacial score (nSPS) is 14.4. The van der Waals surface area contributed by atoms with Gasteiger partial charge in [-0.25, -0.2) is 0 Å². The number of hydrogen-bond donors (Lipinski definition) is 1. The Morgan fingerprint density at radius 1 is 1.22 bits per heavy atom. The number of methoxy groups -OCH3 is 2. The van der Waals surface area contributed by atoms with E-state index in [1.807, 2.05) is 0 Å². The largest absolute Gasteiger partial charge is 0.382 e. The Labute approximate surface area is 118 Å². The van der Waals surface area contributed by atoms with Crippen LogP contribution in [0.4, 0.5) is 0 Å². The predicted molar refractivity (Wildman–Crippen MR) is 78.0 cm³/mol. The van der Waals surface area contributed by atoms with Gasteiger partial charge in [0.15, 0.2) is 0 Å². The van der Waals surface area contributed by atoms with Gasteiger partial charge in [0.1, 0.15) is 0 Å². The quantitative estimate of drug-likeness (QED) is 0.800. The minimum atomic E-state index is 0.113. The van der Waals surface area contributed by atoms with Crippen LogP contribution >= 0.6 is 15.9 Å². The van der Waals surface area contributed by atoms with E-state index in [0.29, 0.717) is 12.6 Å². The molecule has 1 rings (SSSR count). The van der Waals surface area contributed by atoms with Gasteiger partial charge in [0.05, 0.1) is 12.7 Å². The highest BCUT2D eigenvalue weighted by atomic mass is 79.9. The molecule has 4 heteroatoms. The highest BCUT2D eigenvalue weighted by Crippen LogP contribution is 2.11. The Morgan fingerprint density at radius 2 is 1.89 bits per heavy atom. The monoisotopic (exact) mass is 315 g/mol. The second-order valence-electron chi connectivity index (χ2n) is 4.45. The molecule has 2 unspecified atom stereocenters. The summed E-state index contributed by atoms with van der Waals surface area (Å²) in [4.78, 5) is 0. The van der Waals surface area contributed by atoms with E-state index < -0.39 is 0 Å². The van der Waals surface area contributed by atoms with Crippen LogP contribution in [0, 0.1) is 0 Å². The Balaban J connectivity index is 2.32. The number of rotatable bonds is 8. The molecule has 2 atom stereocenters. The maximum Gasteiger partial charge on any atom is 0.0928 e. The predicted octanol–water partition coefficient (Wildman–Crippen LogP) is 2.63. The zero-order valence-electron chi connectivity index (χ0n) is 11.3. The molecule has 0 spiro atoms. The summed E-state index contributed by atoms with van der Waals surface area (Å²) in [5, 5.41) is 3.46. The van der Waals surface area contributed by atoms with Crippen molar-refractivity contribution in [3.8, 4) is 0 Å². The van der Waals surface area contributed by atoms with Gasteiger partial charge in [-0.15, -0.1) is 0 Å². The van der Waals surface area contributed by atoms with Crippen molar-refractivity contribution in [3.05, 3.63) is 34.3 Å². The molecule has 0 amide bonds. The first kappa shape index (κ1) is 15.6. The highest BCUT2D eigenvalue weighted by Gasteiger charge is 2.09. The lowest BCUT2D eigenvalue weighted by atomic mass is 10.1. The molecule has 0 radical (unpaired) electrons. The molecule has 102 valence electrons. The molecule has 1 N–H and O–H groups in total. The topological polar surface area (TPSA) is 30.5 Å². The van der Waals surface area contributed by atoms with E-state index in [0.717, 1.165) is 17.4 Å². The van der Waals surface area contributed by atoms with Crippen molar-refractivity contribution in [2.45, 2.75) is 25.5 Å². The molecule has 0 bridgehead atoms. The Kier molecular flexibility index (Phi) is 7.51. The maximum atomic E-state index is 5.31. The molecule has 18 heavy (non-hydrogen) atoms. The van der Waals surface area contributed by atoms with Gasteiger partial charge < -0.3 is 14.8 Å². The number of hydrogen-bond acceptors (Lipinski definition) is 3. The Morgan fingerprint density at radius 3 is 2.44 bits per heavy atom. The van der Waals surface area contributed by atoms with Crippen LogP contribution in [-0.4, -0.2) is 39.5 Å². The summed E-state index contributed by atoms with van der Waals surface area (Å²) in [6, 6.07) is 8.85. The molecule has 3 nitrogen and oxygen atoms in total. The Hall–Kier alpha value is -0.420. The van der Waals surface area contributed by atoms with Gasteiger partial charge in [-0.05, 0) is 31.0 Å². The SMILES string of the molecule is COCC(CNC(C)Cc1ccc(Br)cc1)OC. The zero-order chi connectivity index (χ0) is 13.4. The minimum Gasteiger partial charge on any atom is -0.382 e. The van der Waals surface area contributed by atoms with Crippen LogP contribution in [0.25, 0.3) is 0 Å². The fourth-order valence-electron chi connectivity index (χ4n) is 1.78. The second kappa shape index (κ2) is 8.64. The summed E-state index contributed by atoms with van der Waals surface area (Å²) in [5.41, 5.74) is 1.33. The molecule has 0 aliphatic rings. The molecule has 0 fully saturated rings. The molecular formula is C14H22BrNO2. The van der Waals surface area contributed by atoms with Crippen molar-refractivity contribution in [1.29, 1.82) is 0 Å². The number of nitrogens with one attached hydrogen (secondary N) is 1. The number of ether oxygens (including phenoxy) is 2. The van der Waals surface area contributed by atoms with Gasteiger partial charge in [-0.1, -0.05) is 28.1 Å². The third-order valence-corrected chi connectivity index (χ3v) is 3.36. The number of halogens is 1. The van der Waals surface area contributed by atoms with Gasteiger partial charge in [0, 0.05) is 31.3 Å². The molecule has 0 saturated carbocycles. The van der Waals surface area contributed by atoms with Crippen molar-refractivity contribution in [2.24, 2.45) is 0 Å². The first-order valence-corrected chi connectivity index (χ1v) is 6.94. The molecule has 0 aliphatic carbocycles. The van der Waals surface area contributed by atoms with E-state index in [9.17, 15) is 0 Å². The summed E-state index contributed by atoms with van der Waals surface area (Å²) in [5.74, 6) is 0. The molecule has 0 aromatic heterocycles. The van der Waals surface area contributed by atoms with E-state index in [4.69, 9.17) is 9.47 Å². The van der Waals surface area contributed by atoms with Crippen LogP contribution in [0.1, 0.15) is 12.5 Å². The fourth-order valence-corrected chi connectivity index (χ4v) is 2.04. The lowest BCUT2D eigenvalue weighted by Crippen LogP contribution is -2.37. The van der Waals surface area contributed by atoms with E-state index in [-0.39, 0.29) is 6.10 Å². The van der Waals surface area contributed by atoms with Crippen molar-refractivity contribution in [1.82, 2.24) is 5.32 Å². The molecule has 1 aromatic carbocycles. The second-order valence-corrected chi connectivity index (χ2v) is 5.37. The summed E-state index contributed by atoms with van der Waals surface area (Å²) < 4.78 is 11.5. The van der Waals surface area contributed by atoms with Crippen LogP contribution in [-0.2, 0) is 15.9 Å². The third kappa shape index (κ3) is 5.96. The van der Waals surface area contributed by atoms with Gasteiger partial charge in [-0.3, -0.25) is 0 Å². The van der Waals surface area contributed by atoms with E-state index in [1.54, 1.807) is 14.2 Å². The maximum absolute atomic E-state index is 5.31. The van der Waals surface area contributed by atoms with Gasteiger partial charge >= 0.3 is 0 Å². The van der Waals surface area contributed by atoms with Crippen LogP contribution in [0.15, 0.2) is 28.7 Å². The molecule has 0 aliphatic heterocycles. The van der Waals surface area contributed by atoms with Crippen molar-refractivity contribution >= 4 is 15.9 Å². The lowest BCUT2D eigenvalue weighted by molar-refractivity contribution is 0.0276. The summed E-state index contributed by atoms with van der Waals surface area (Å²) in [7, 11) is 3.40. The van der Waals surface area contributed by atoms with Gasteiger partial charge in [0.2, 0.25) is 0 Å². The van der Waals surface area contributed by atoms with E-state index >= 15 is 0 Å². The first-order chi connectivity index (χ1) is 8.65. The van der Waals surface area contributed by atoms with E-state index in [1.165, 1.54) is 5.56 Å². The standard InChI is InChI=1S/C14H22BrNO2/c1-11(16-9-14(18-3)10-17-2)8-12-4-6-13(15)7-5-12/h4-7,11,14,16H,8-10H2,1-3H3. The zero-order valence-corrected chi connectivity index (χ0v) is 12.9. The van der Waals surface area contributed by atoms with Crippen LogP contribution < -0.4 is 5.32 Å². The lowest BCUT2D eigenvalue weighted by Gasteiger charge is -2.19. The van der Waals surface area contributed by atoms with E-state index in [2.05, 4.69) is 52.4 Å². The summed E-state index contributed by atoms with van der Waals surface area (Å²) >= 11 is 3.44. The molecule has 1 aromatic rings. The first-order valence-electron chi connectivity index (χ1n) is 6.15. The highest BCUT2D eigenvalue weighted by molar-refractivity contribution is 9.10. The minimum absolute atomic E-state index is 0.113.